The van der Waals surface area contributed by atoms with Crippen LogP contribution >= 0.6 is 0 Å². The van der Waals surface area contributed by atoms with Crippen LogP contribution in [0.2, 0.25) is 0 Å². The molecule has 3 N–H and O–H groups in total. The molecule has 4 heteroatoms. The molecule has 1 heterocycles. The van der Waals surface area contributed by atoms with Gasteiger partial charge in [-0.2, -0.15) is 0 Å². The highest BCUT2D eigenvalue weighted by atomic mass is 16.3. The summed E-state index contributed by atoms with van der Waals surface area (Å²) in [6.07, 6.45) is 3.35. The van der Waals surface area contributed by atoms with E-state index in [0.29, 0.717) is 13.0 Å². The highest BCUT2D eigenvalue weighted by Crippen LogP contribution is 2.58. The number of carbonyl (C=O) groups excluding carboxylic acids is 1. The Morgan fingerprint density at radius 2 is 2.05 bits per heavy atom. The van der Waals surface area contributed by atoms with Gasteiger partial charge in [0.05, 0.1) is 6.10 Å². The van der Waals surface area contributed by atoms with Gasteiger partial charge in [-0.1, -0.05) is 30.3 Å². The molecule has 114 valence electrons. The monoisotopic (exact) mass is 288 g/mol. The number of rotatable bonds is 5. The SMILES string of the molecule is O=C(NCCC(O)c1ccccc1)C1CC12CCNCC2. The average Bonchev–Trinajstić information content (AvgIpc) is 3.22. The van der Waals surface area contributed by atoms with E-state index in [-0.39, 0.29) is 17.2 Å². The van der Waals surface area contributed by atoms with Crippen molar-refractivity contribution in [3.63, 3.8) is 0 Å². The van der Waals surface area contributed by atoms with Crippen LogP contribution < -0.4 is 10.6 Å². The van der Waals surface area contributed by atoms with E-state index in [1.807, 2.05) is 30.3 Å². The van der Waals surface area contributed by atoms with Crippen LogP contribution in [0.1, 0.15) is 37.4 Å². The zero-order valence-electron chi connectivity index (χ0n) is 12.3. The number of hydrogen-bond donors (Lipinski definition) is 3. The van der Waals surface area contributed by atoms with Crippen LogP contribution in [-0.4, -0.2) is 30.6 Å². The smallest absolute Gasteiger partial charge is 0.223 e. The van der Waals surface area contributed by atoms with Gasteiger partial charge in [-0.15, -0.1) is 0 Å². The summed E-state index contributed by atoms with van der Waals surface area (Å²) in [5.41, 5.74) is 1.20. The van der Waals surface area contributed by atoms with Crippen molar-refractivity contribution >= 4 is 5.91 Å². The van der Waals surface area contributed by atoms with Crippen molar-refractivity contribution in [3.8, 4) is 0 Å². The van der Waals surface area contributed by atoms with Crippen molar-refractivity contribution in [1.82, 2.24) is 10.6 Å². The van der Waals surface area contributed by atoms with Gasteiger partial charge in [-0.05, 0) is 49.8 Å². The van der Waals surface area contributed by atoms with Gasteiger partial charge < -0.3 is 15.7 Å². The summed E-state index contributed by atoms with van der Waals surface area (Å²) >= 11 is 0. The molecule has 0 aromatic heterocycles. The molecule has 1 spiro atoms. The van der Waals surface area contributed by atoms with Crippen molar-refractivity contribution in [2.75, 3.05) is 19.6 Å². The topological polar surface area (TPSA) is 61.4 Å². The van der Waals surface area contributed by atoms with Gasteiger partial charge in [0.15, 0.2) is 0 Å². The van der Waals surface area contributed by atoms with Crippen molar-refractivity contribution < 1.29 is 9.90 Å². The van der Waals surface area contributed by atoms with E-state index in [9.17, 15) is 9.90 Å². The molecule has 1 aliphatic carbocycles. The zero-order chi connectivity index (χ0) is 14.7. The van der Waals surface area contributed by atoms with Crippen molar-refractivity contribution in [2.45, 2.75) is 31.8 Å². The Balaban J connectivity index is 1.41. The fraction of sp³-hybridized carbons (Fsp3) is 0.588. The molecule has 0 bridgehead atoms. The number of amides is 1. The number of benzene rings is 1. The Morgan fingerprint density at radius 1 is 1.33 bits per heavy atom. The molecule has 1 aliphatic heterocycles. The van der Waals surface area contributed by atoms with Gasteiger partial charge in [0.2, 0.25) is 5.91 Å². The standard InChI is InChI=1S/C17H24N2O2/c20-15(13-4-2-1-3-5-13)6-9-19-16(21)14-12-17(14)7-10-18-11-8-17/h1-5,14-15,18,20H,6-12H2,(H,19,21). The third-order valence-corrected chi connectivity index (χ3v) is 5.01. The summed E-state index contributed by atoms with van der Waals surface area (Å²) in [6.45, 7) is 2.62. The van der Waals surface area contributed by atoms with E-state index in [1.165, 1.54) is 0 Å². The molecule has 2 aliphatic rings. The minimum Gasteiger partial charge on any atom is -0.388 e. The number of aliphatic hydroxyl groups is 1. The van der Waals surface area contributed by atoms with Crippen LogP contribution in [0.15, 0.2) is 30.3 Å². The van der Waals surface area contributed by atoms with Crippen molar-refractivity contribution in [3.05, 3.63) is 35.9 Å². The van der Waals surface area contributed by atoms with E-state index >= 15 is 0 Å². The van der Waals surface area contributed by atoms with Crippen molar-refractivity contribution in [2.24, 2.45) is 11.3 Å². The normalized spacial score (nSPS) is 24.5. The van der Waals surface area contributed by atoms with E-state index < -0.39 is 6.10 Å². The Labute approximate surface area is 125 Å². The Morgan fingerprint density at radius 3 is 2.76 bits per heavy atom. The lowest BCUT2D eigenvalue weighted by Crippen LogP contribution is -2.34. The quantitative estimate of drug-likeness (QED) is 0.771. The van der Waals surface area contributed by atoms with E-state index in [0.717, 1.165) is 37.9 Å². The van der Waals surface area contributed by atoms with E-state index in [2.05, 4.69) is 10.6 Å². The summed E-state index contributed by atoms with van der Waals surface area (Å²) in [7, 11) is 0. The van der Waals surface area contributed by atoms with Crippen LogP contribution in [0.25, 0.3) is 0 Å². The fourth-order valence-corrected chi connectivity index (χ4v) is 3.49. The van der Waals surface area contributed by atoms with Crippen LogP contribution in [0, 0.1) is 11.3 Å². The number of aliphatic hydroxyl groups excluding tert-OH is 1. The summed E-state index contributed by atoms with van der Waals surface area (Å²) in [5.74, 6) is 0.380. The predicted octanol–water partition coefficient (Wildman–Crippen LogP) is 1.62. The van der Waals surface area contributed by atoms with Gasteiger partial charge in [0, 0.05) is 12.5 Å². The minimum absolute atomic E-state index is 0.178. The predicted molar refractivity (Wildman–Crippen MR) is 81.7 cm³/mol. The molecular formula is C17H24N2O2. The molecule has 1 aromatic carbocycles. The Bertz CT molecular complexity index is 483. The lowest BCUT2D eigenvalue weighted by atomic mass is 9.92. The van der Waals surface area contributed by atoms with Crippen LogP contribution in [0.5, 0.6) is 0 Å². The molecule has 4 nitrogen and oxygen atoms in total. The summed E-state index contributed by atoms with van der Waals surface area (Å²) < 4.78 is 0. The molecule has 2 fully saturated rings. The first-order chi connectivity index (χ1) is 10.2. The number of hydrogen-bond acceptors (Lipinski definition) is 3. The van der Waals surface area contributed by atoms with Crippen LogP contribution in [-0.2, 0) is 4.79 Å². The second kappa shape index (κ2) is 6.16. The maximum atomic E-state index is 12.2. The lowest BCUT2D eigenvalue weighted by molar-refractivity contribution is -0.123. The number of nitrogens with one attached hydrogen (secondary N) is 2. The highest BCUT2D eigenvalue weighted by molar-refractivity contribution is 5.82. The first-order valence-corrected chi connectivity index (χ1v) is 7.93. The average molecular weight is 288 g/mol. The first-order valence-electron chi connectivity index (χ1n) is 7.93. The Hall–Kier alpha value is -1.39. The van der Waals surface area contributed by atoms with Gasteiger partial charge in [-0.25, -0.2) is 0 Å². The molecule has 3 rings (SSSR count). The molecule has 0 radical (unpaired) electrons. The van der Waals surface area contributed by atoms with Crippen LogP contribution in [0.3, 0.4) is 0 Å². The summed E-state index contributed by atoms with van der Waals surface area (Å²) in [5, 5.41) is 16.4. The second-order valence-electron chi connectivity index (χ2n) is 6.38. The van der Waals surface area contributed by atoms with Gasteiger partial charge >= 0.3 is 0 Å². The van der Waals surface area contributed by atoms with Gasteiger partial charge in [0.25, 0.3) is 0 Å². The third-order valence-electron chi connectivity index (χ3n) is 5.01. The molecule has 2 atom stereocenters. The van der Waals surface area contributed by atoms with E-state index in [1.54, 1.807) is 0 Å². The lowest BCUT2D eigenvalue weighted by Gasteiger charge is -2.23. The Kier molecular flexibility index (Phi) is 4.27. The second-order valence-corrected chi connectivity index (χ2v) is 6.38. The first kappa shape index (κ1) is 14.5. The molecular weight excluding hydrogens is 264 g/mol. The molecule has 2 unspecified atom stereocenters. The van der Waals surface area contributed by atoms with Crippen LogP contribution in [0.4, 0.5) is 0 Å². The third kappa shape index (κ3) is 3.27. The van der Waals surface area contributed by atoms with Gasteiger partial charge in [0.1, 0.15) is 0 Å². The molecule has 1 amide bonds. The molecule has 1 aromatic rings. The number of carbonyl (C=O) groups is 1. The molecule has 21 heavy (non-hydrogen) atoms. The number of piperidine rings is 1. The maximum absolute atomic E-state index is 12.2. The van der Waals surface area contributed by atoms with E-state index in [4.69, 9.17) is 0 Å². The largest absolute Gasteiger partial charge is 0.388 e. The maximum Gasteiger partial charge on any atom is 0.223 e. The summed E-state index contributed by atoms with van der Waals surface area (Å²) in [4.78, 5) is 12.2. The zero-order valence-corrected chi connectivity index (χ0v) is 12.3. The highest BCUT2D eigenvalue weighted by Gasteiger charge is 2.57. The molecule has 1 saturated carbocycles. The van der Waals surface area contributed by atoms with Crippen molar-refractivity contribution in [1.29, 1.82) is 0 Å². The minimum atomic E-state index is -0.501. The summed E-state index contributed by atoms with van der Waals surface area (Å²) in [6, 6.07) is 9.60. The fourth-order valence-electron chi connectivity index (χ4n) is 3.49. The molecule has 1 saturated heterocycles. The van der Waals surface area contributed by atoms with Gasteiger partial charge in [-0.3, -0.25) is 4.79 Å².